The van der Waals surface area contributed by atoms with Crippen LogP contribution in [0.1, 0.15) is 39.2 Å². The number of hydrogen-bond donors (Lipinski definition) is 2. The number of carbonyl (C=O) groups is 2. The number of amides is 1. The number of esters is 1. The summed E-state index contributed by atoms with van der Waals surface area (Å²) in [5, 5.41) is 6.32. The van der Waals surface area contributed by atoms with Crippen LogP contribution in [0.2, 0.25) is 0 Å². The largest absolute Gasteiger partial charge is 0.483 e. The number of hydrogen-bond acceptors (Lipinski definition) is 6. The van der Waals surface area contributed by atoms with Crippen molar-refractivity contribution in [2.75, 3.05) is 19.0 Å². The van der Waals surface area contributed by atoms with Crippen LogP contribution >= 0.6 is 23.6 Å². The number of thiocarbonyl (C=S) groups is 1. The highest BCUT2D eigenvalue weighted by Gasteiger charge is 2.26. The fourth-order valence-corrected chi connectivity index (χ4v) is 4.69. The molecule has 0 saturated heterocycles. The highest BCUT2D eigenvalue weighted by atomic mass is 32.1. The number of anilines is 1. The van der Waals surface area contributed by atoms with E-state index in [1.165, 1.54) is 23.3 Å². The lowest BCUT2D eigenvalue weighted by Crippen LogP contribution is -2.37. The van der Waals surface area contributed by atoms with Crippen molar-refractivity contribution in [3.05, 3.63) is 45.8 Å². The molecule has 2 N–H and O–H groups in total. The maximum Gasteiger partial charge on any atom is 0.341 e. The van der Waals surface area contributed by atoms with E-state index in [1.54, 1.807) is 6.07 Å². The van der Waals surface area contributed by atoms with Crippen molar-refractivity contribution in [2.45, 2.75) is 32.6 Å². The van der Waals surface area contributed by atoms with Crippen LogP contribution in [-0.4, -0.2) is 30.7 Å². The Morgan fingerprint density at radius 1 is 1.21 bits per heavy atom. The highest BCUT2D eigenvalue weighted by Crippen LogP contribution is 2.38. The lowest BCUT2D eigenvalue weighted by Gasteiger charge is -2.12. The number of carbonyl (C=O) groups excluding carboxylic acids is 2. The Morgan fingerprint density at radius 2 is 1.96 bits per heavy atom. The van der Waals surface area contributed by atoms with Crippen LogP contribution in [0, 0.1) is 6.92 Å². The summed E-state index contributed by atoms with van der Waals surface area (Å²) in [7, 11) is 1.36. The van der Waals surface area contributed by atoms with Crippen LogP contribution in [0.5, 0.6) is 5.75 Å². The predicted molar refractivity (Wildman–Crippen MR) is 113 cm³/mol. The van der Waals surface area contributed by atoms with Gasteiger partial charge in [0.2, 0.25) is 0 Å². The van der Waals surface area contributed by atoms with Crippen LogP contribution in [0.4, 0.5) is 5.00 Å². The molecular formula is C20H22N2O4S2. The molecule has 28 heavy (non-hydrogen) atoms. The Bertz CT molecular complexity index is 908. The summed E-state index contributed by atoms with van der Waals surface area (Å²) in [6.45, 7) is 1.75. The molecule has 1 aromatic heterocycles. The number of benzene rings is 1. The zero-order valence-corrected chi connectivity index (χ0v) is 17.4. The van der Waals surface area contributed by atoms with Gasteiger partial charge in [0.15, 0.2) is 11.7 Å². The number of para-hydroxylation sites is 1. The van der Waals surface area contributed by atoms with Crippen molar-refractivity contribution in [1.82, 2.24) is 5.32 Å². The lowest BCUT2D eigenvalue weighted by atomic mass is 9.95. The fourth-order valence-electron chi connectivity index (χ4n) is 3.13. The van der Waals surface area contributed by atoms with Gasteiger partial charge in [-0.25, -0.2) is 4.79 Å². The first-order chi connectivity index (χ1) is 13.5. The molecule has 6 nitrogen and oxygen atoms in total. The van der Waals surface area contributed by atoms with Crippen LogP contribution < -0.4 is 15.4 Å². The topological polar surface area (TPSA) is 76.7 Å². The molecule has 1 aliphatic rings. The zero-order chi connectivity index (χ0) is 20.1. The van der Waals surface area contributed by atoms with Crippen LogP contribution in [-0.2, 0) is 22.4 Å². The van der Waals surface area contributed by atoms with Gasteiger partial charge >= 0.3 is 5.97 Å². The van der Waals surface area contributed by atoms with Gasteiger partial charge in [0.25, 0.3) is 5.91 Å². The minimum atomic E-state index is -0.390. The Hall–Kier alpha value is -2.45. The van der Waals surface area contributed by atoms with Crippen molar-refractivity contribution in [3.63, 3.8) is 0 Å². The van der Waals surface area contributed by atoms with Crippen LogP contribution in [0.3, 0.4) is 0 Å². The van der Waals surface area contributed by atoms with E-state index >= 15 is 0 Å². The van der Waals surface area contributed by atoms with Crippen molar-refractivity contribution >= 4 is 45.5 Å². The summed E-state index contributed by atoms with van der Waals surface area (Å²) in [5.74, 6) is -0.115. The van der Waals surface area contributed by atoms with Gasteiger partial charge < -0.3 is 14.8 Å². The first kappa shape index (κ1) is 20.3. The zero-order valence-electron chi connectivity index (χ0n) is 15.8. The third-order valence-corrected chi connectivity index (χ3v) is 5.90. The van der Waals surface area contributed by atoms with Gasteiger partial charge in [0, 0.05) is 4.88 Å². The monoisotopic (exact) mass is 418 g/mol. The molecule has 0 spiro atoms. The second-order valence-electron chi connectivity index (χ2n) is 6.46. The molecule has 148 valence electrons. The Balaban J connectivity index is 1.63. The van der Waals surface area contributed by atoms with Crippen molar-refractivity contribution in [3.8, 4) is 5.75 Å². The molecule has 0 aliphatic heterocycles. The Morgan fingerprint density at radius 3 is 2.71 bits per heavy atom. The molecular weight excluding hydrogens is 396 g/mol. The average molecular weight is 419 g/mol. The van der Waals surface area contributed by atoms with E-state index in [1.807, 2.05) is 25.1 Å². The van der Waals surface area contributed by atoms with Gasteiger partial charge in [-0.1, -0.05) is 18.2 Å². The minimum Gasteiger partial charge on any atom is -0.483 e. The highest BCUT2D eigenvalue weighted by molar-refractivity contribution is 7.80. The normalized spacial score (nSPS) is 12.6. The summed E-state index contributed by atoms with van der Waals surface area (Å²) in [6.07, 6.45) is 3.94. The number of fused-ring (bicyclic) bond motifs is 1. The standard InChI is InChI=1S/C20H22N2O4S2/c1-12-7-3-5-9-14(12)26-11-16(23)21-20(27)22-18-17(19(24)25-2)13-8-4-6-10-15(13)28-18/h3,5,7,9H,4,6,8,10-11H2,1-2H3,(H2,21,22,23,27). The van der Waals surface area contributed by atoms with Crippen molar-refractivity contribution < 1.29 is 19.1 Å². The third kappa shape index (κ3) is 4.69. The molecule has 0 fully saturated rings. The SMILES string of the molecule is COC(=O)c1c(NC(=S)NC(=O)COc2ccccc2C)sc2c1CCCC2. The number of methoxy groups -OCH3 is 1. The summed E-state index contributed by atoms with van der Waals surface area (Å²) >= 11 is 6.74. The number of ether oxygens (including phenoxy) is 2. The molecule has 0 radical (unpaired) electrons. The molecule has 0 saturated carbocycles. The number of thiophene rings is 1. The van der Waals surface area contributed by atoms with Crippen molar-refractivity contribution in [1.29, 1.82) is 0 Å². The third-order valence-electron chi connectivity index (χ3n) is 4.49. The molecule has 1 aromatic carbocycles. The quantitative estimate of drug-likeness (QED) is 0.571. The van der Waals surface area contributed by atoms with Crippen molar-refractivity contribution in [2.24, 2.45) is 0 Å². The molecule has 1 heterocycles. The maximum atomic E-state index is 12.3. The predicted octanol–water partition coefficient (Wildman–Crippen LogP) is 3.61. The van der Waals surface area contributed by atoms with E-state index in [0.29, 0.717) is 16.3 Å². The molecule has 3 rings (SSSR count). The van der Waals surface area contributed by atoms with Crippen LogP contribution in [0.25, 0.3) is 0 Å². The van der Waals surface area contributed by atoms with E-state index in [9.17, 15) is 9.59 Å². The molecule has 0 unspecified atom stereocenters. The van der Waals surface area contributed by atoms with Crippen LogP contribution in [0.15, 0.2) is 24.3 Å². The van der Waals surface area contributed by atoms with Gasteiger partial charge in [-0.2, -0.15) is 0 Å². The van der Waals surface area contributed by atoms with Gasteiger partial charge in [-0.05, 0) is 62.0 Å². The molecule has 1 amide bonds. The number of nitrogens with one attached hydrogen (secondary N) is 2. The van der Waals surface area contributed by atoms with Gasteiger partial charge in [-0.3, -0.25) is 10.1 Å². The molecule has 1 aliphatic carbocycles. The molecule has 2 aromatic rings. The summed E-state index contributed by atoms with van der Waals surface area (Å²) in [4.78, 5) is 25.6. The smallest absolute Gasteiger partial charge is 0.341 e. The molecule has 8 heteroatoms. The first-order valence-corrected chi connectivity index (χ1v) is 10.2. The van der Waals surface area contributed by atoms with Gasteiger partial charge in [0.05, 0.1) is 12.7 Å². The van der Waals surface area contributed by atoms with E-state index in [4.69, 9.17) is 21.7 Å². The average Bonchev–Trinajstić information content (AvgIpc) is 3.04. The second-order valence-corrected chi connectivity index (χ2v) is 7.98. The molecule has 0 bridgehead atoms. The Labute approximate surface area is 173 Å². The van der Waals surface area contributed by atoms with E-state index < -0.39 is 0 Å². The summed E-state index contributed by atoms with van der Waals surface area (Å²) < 4.78 is 10.5. The number of rotatable bonds is 5. The Kier molecular flexibility index (Phi) is 6.64. The van der Waals surface area contributed by atoms with Gasteiger partial charge in [0.1, 0.15) is 10.8 Å². The van der Waals surface area contributed by atoms with E-state index in [2.05, 4.69) is 10.6 Å². The maximum absolute atomic E-state index is 12.3. The second kappa shape index (κ2) is 9.16. The van der Waals surface area contributed by atoms with Gasteiger partial charge in [-0.15, -0.1) is 11.3 Å². The minimum absolute atomic E-state index is 0.127. The molecule has 0 atom stereocenters. The lowest BCUT2D eigenvalue weighted by molar-refractivity contribution is -0.121. The summed E-state index contributed by atoms with van der Waals surface area (Å²) in [6, 6.07) is 7.46. The summed E-state index contributed by atoms with van der Waals surface area (Å²) in [5.41, 5.74) is 2.50. The van der Waals surface area contributed by atoms with E-state index in [0.717, 1.165) is 36.8 Å². The van der Waals surface area contributed by atoms with E-state index in [-0.39, 0.29) is 23.6 Å². The first-order valence-electron chi connectivity index (χ1n) is 9.01. The number of aryl methyl sites for hydroxylation is 2. The fraction of sp³-hybridized carbons (Fsp3) is 0.350.